The van der Waals surface area contributed by atoms with Gasteiger partial charge in [-0.05, 0) is 64.8 Å². The van der Waals surface area contributed by atoms with Crippen LogP contribution in [0.25, 0.3) is 0 Å². The van der Waals surface area contributed by atoms with Gasteiger partial charge in [0, 0.05) is 13.2 Å². The van der Waals surface area contributed by atoms with E-state index in [4.69, 9.17) is 15.2 Å². The average Bonchev–Trinajstić information content (AvgIpc) is 2.40. The molecule has 0 unspecified atom stereocenters. The van der Waals surface area contributed by atoms with E-state index >= 15 is 0 Å². The van der Waals surface area contributed by atoms with Crippen molar-refractivity contribution in [1.29, 1.82) is 0 Å². The maximum atomic E-state index is 5.99. The molecule has 3 nitrogen and oxygen atoms in total. The lowest BCUT2D eigenvalue weighted by Gasteiger charge is -2.36. The monoisotopic (exact) mass is 313 g/mol. The van der Waals surface area contributed by atoms with Crippen LogP contribution in [0.5, 0.6) is 5.75 Å². The summed E-state index contributed by atoms with van der Waals surface area (Å²) in [5, 5.41) is 0. The Morgan fingerprint density at radius 2 is 2.11 bits per heavy atom. The average molecular weight is 314 g/mol. The summed E-state index contributed by atoms with van der Waals surface area (Å²) >= 11 is 3.53. The summed E-state index contributed by atoms with van der Waals surface area (Å²) < 4.78 is 11.7. The molecule has 18 heavy (non-hydrogen) atoms. The highest BCUT2D eigenvalue weighted by Gasteiger charge is 2.31. The Morgan fingerprint density at radius 3 is 2.67 bits per heavy atom. The summed E-state index contributed by atoms with van der Waals surface area (Å²) in [7, 11) is 1.68. The zero-order valence-corrected chi connectivity index (χ0v) is 12.3. The third kappa shape index (κ3) is 3.05. The Bertz CT molecular complexity index is 403. The minimum absolute atomic E-state index is 0.201. The van der Waals surface area contributed by atoms with E-state index in [1.54, 1.807) is 7.11 Å². The molecule has 100 valence electrons. The van der Waals surface area contributed by atoms with Crippen LogP contribution in [0.1, 0.15) is 18.4 Å². The van der Waals surface area contributed by atoms with Crippen LogP contribution in [-0.4, -0.2) is 26.9 Å². The number of ether oxygens (including phenoxy) is 2. The van der Waals surface area contributed by atoms with Gasteiger partial charge in [0.1, 0.15) is 5.75 Å². The molecule has 0 spiro atoms. The standard InChI is InChI=1S/C14H20BrNO2/c1-17-13-3-2-11(8-12(13)15)9-14(10-16)4-6-18-7-5-14/h2-3,8H,4-7,9-10,16H2,1H3. The van der Waals surface area contributed by atoms with Gasteiger partial charge in [0.15, 0.2) is 0 Å². The molecule has 1 aromatic rings. The quantitative estimate of drug-likeness (QED) is 0.929. The van der Waals surface area contributed by atoms with E-state index in [0.717, 1.165) is 49.2 Å². The molecule has 1 saturated heterocycles. The van der Waals surface area contributed by atoms with Crippen LogP contribution in [0.3, 0.4) is 0 Å². The van der Waals surface area contributed by atoms with Gasteiger partial charge < -0.3 is 15.2 Å². The van der Waals surface area contributed by atoms with Gasteiger partial charge in [-0.3, -0.25) is 0 Å². The van der Waals surface area contributed by atoms with E-state index in [9.17, 15) is 0 Å². The lowest BCUT2D eigenvalue weighted by Crippen LogP contribution is -2.38. The van der Waals surface area contributed by atoms with Crippen molar-refractivity contribution in [3.05, 3.63) is 28.2 Å². The zero-order chi connectivity index (χ0) is 13.0. The van der Waals surface area contributed by atoms with Gasteiger partial charge in [0.2, 0.25) is 0 Å². The second kappa shape index (κ2) is 6.04. The zero-order valence-electron chi connectivity index (χ0n) is 10.7. The molecule has 4 heteroatoms. The molecule has 1 fully saturated rings. The maximum Gasteiger partial charge on any atom is 0.133 e. The molecule has 0 bridgehead atoms. The Hall–Kier alpha value is -0.580. The van der Waals surface area contributed by atoms with Gasteiger partial charge in [0.05, 0.1) is 11.6 Å². The van der Waals surface area contributed by atoms with Crippen molar-refractivity contribution in [3.63, 3.8) is 0 Å². The number of halogens is 1. The Morgan fingerprint density at radius 1 is 1.39 bits per heavy atom. The van der Waals surface area contributed by atoms with Gasteiger partial charge in [0.25, 0.3) is 0 Å². The highest BCUT2D eigenvalue weighted by atomic mass is 79.9. The Kier molecular flexibility index (Phi) is 4.65. The molecule has 1 aromatic carbocycles. The van der Waals surface area contributed by atoms with Crippen LogP contribution in [-0.2, 0) is 11.2 Å². The normalized spacial score (nSPS) is 18.6. The van der Waals surface area contributed by atoms with Gasteiger partial charge in [-0.25, -0.2) is 0 Å². The van der Waals surface area contributed by atoms with Crippen molar-refractivity contribution < 1.29 is 9.47 Å². The maximum absolute atomic E-state index is 5.99. The van der Waals surface area contributed by atoms with Crippen molar-refractivity contribution in [2.45, 2.75) is 19.3 Å². The van der Waals surface area contributed by atoms with Crippen molar-refractivity contribution in [3.8, 4) is 5.75 Å². The van der Waals surface area contributed by atoms with Crippen molar-refractivity contribution in [1.82, 2.24) is 0 Å². The molecule has 0 saturated carbocycles. The summed E-state index contributed by atoms with van der Waals surface area (Å²) in [6.07, 6.45) is 3.11. The summed E-state index contributed by atoms with van der Waals surface area (Å²) in [5.41, 5.74) is 7.49. The SMILES string of the molecule is COc1ccc(CC2(CN)CCOCC2)cc1Br. The van der Waals surface area contributed by atoms with E-state index < -0.39 is 0 Å². The van der Waals surface area contributed by atoms with Crippen LogP contribution in [0.4, 0.5) is 0 Å². The van der Waals surface area contributed by atoms with Gasteiger partial charge in [-0.1, -0.05) is 6.07 Å². The first-order valence-electron chi connectivity index (χ1n) is 6.29. The van der Waals surface area contributed by atoms with Crippen molar-refractivity contribution in [2.24, 2.45) is 11.1 Å². The largest absolute Gasteiger partial charge is 0.496 e. The van der Waals surface area contributed by atoms with Crippen LogP contribution in [0.15, 0.2) is 22.7 Å². The highest BCUT2D eigenvalue weighted by Crippen LogP contribution is 2.35. The molecule has 1 aliphatic rings. The predicted octanol–water partition coefficient (Wildman–Crippen LogP) is 2.76. The first kappa shape index (κ1) is 13.8. The minimum atomic E-state index is 0.201. The molecule has 0 aromatic heterocycles. The van der Waals surface area contributed by atoms with Crippen LogP contribution in [0.2, 0.25) is 0 Å². The van der Waals surface area contributed by atoms with Crippen LogP contribution < -0.4 is 10.5 Å². The highest BCUT2D eigenvalue weighted by molar-refractivity contribution is 9.10. The molecular weight excluding hydrogens is 294 g/mol. The molecule has 0 radical (unpaired) electrons. The van der Waals surface area contributed by atoms with E-state index in [2.05, 4.69) is 28.1 Å². The second-order valence-electron chi connectivity index (χ2n) is 4.96. The topological polar surface area (TPSA) is 44.5 Å². The van der Waals surface area contributed by atoms with E-state index in [0.29, 0.717) is 0 Å². The molecule has 0 atom stereocenters. The third-order valence-corrected chi connectivity index (χ3v) is 4.40. The molecule has 0 aliphatic carbocycles. The number of benzene rings is 1. The van der Waals surface area contributed by atoms with Gasteiger partial charge in [-0.15, -0.1) is 0 Å². The van der Waals surface area contributed by atoms with Gasteiger partial charge in [-0.2, -0.15) is 0 Å². The summed E-state index contributed by atoms with van der Waals surface area (Å²) in [6.45, 7) is 2.38. The third-order valence-electron chi connectivity index (χ3n) is 3.78. The first-order chi connectivity index (χ1) is 8.69. The molecule has 1 aliphatic heterocycles. The van der Waals surface area contributed by atoms with E-state index in [-0.39, 0.29) is 5.41 Å². The molecule has 2 rings (SSSR count). The smallest absolute Gasteiger partial charge is 0.133 e. The van der Waals surface area contributed by atoms with E-state index in [1.807, 2.05) is 6.07 Å². The fourth-order valence-corrected chi connectivity index (χ4v) is 3.10. The van der Waals surface area contributed by atoms with Gasteiger partial charge >= 0.3 is 0 Å². The van der Waals surface area contributed by atoms with Crippen molar-refractivity contribution >= 4 is 15.9 Å². The number of rotatable bonds is 4. The number of hydrogen-bond acceptors (Lipinski definition) is 3. The molecule has 0 amide bonds. The van der Waals surface area contributed by atoms with Crippen LogP contribution >= 0.6 is 15.9 Å². The number of nitrogens with two attached hydrogens (primary N) is 1. The summed E-state index contributed by atoms with van der Waals surface area (Å²) in [4.78, 5) is 0. The second-order valence-corrected chi connectivity index (χ2v) is 5.82. The fraction of sp³-hybridized carbons (Fsp3) is 0.571. The summed E-state index contributed by atoms with van der Waals surface area (Å²) in [5.74, 6) is 0.868. The first-order valence-corrected chi connectivity index (χ1v) is 7.09. The number of hydrogen-bond donors (Lipinski definition) is 1. The predicted molar refractivity (Wildman–Crippen MR) is 75.9 cm³/mol. The Labute approximate surface area is 117 Å². The van der Waals surface area contributed by atoms with Crippen LogP contribution in [0, 0.1) is 5.41 Å². The minimum Gasteiger partial charge on any atom is -0.496 e. The lowest BCUT2D eigenvalue weighted by molar-refractivity contribution is 0.0191. The molecular formula is C14H20BrNO2. The fourth-order valence-electron chi connectivity index (χ4n) is 2.51. The molecule has 2 N–H and O–H groups in total. The number of methoxy groups -OCH3 is 1. The Balaban J connectivity index is 2.14. The lowest BCUT2D eigenvalue weighted by atomic mass is 9.75. The summed E-state index contributed by atoms with van der Waals surface area (Å²) in [6, 6.07) is 6.26. The molecule has 1 heterocycles. The van der Waals surface area contributed by atoms with Crippen molar-refractivity contribution in [2.75, 3.05) is 26.9 Å². The van der Waals surface area contributed by atoms with E-state index in [1.165, 1.54) is 5.56 Å².